The third-order valence-electron chi connectivity index (χ3n) is 4.78. The van der Waals surface area contributed by atoms with Crippen LogP contribution in [0.2, 0.25) is 0 Å². The first kappa shape index (κ1) is 16.3. The maximum absolute atomic E-state index is 12.4. The predicted molar refractivity (Wildman–Crippen MR) is 88.4 cm³/mol. The second-order valence-electron chi connectivity index (χ2n) is 6.30. The molecule has 1 amide bonds. The fourth-order valence-electron chi connectivity index (χ4n) is 3.39. The Kier molecular flexibility index (Phi) is 5.51. The number of benzene rings is 1. The topological polar surface area (TPSA) is 50.8 Å². The van der Waals surface area contributed by atoms with Gasteiger partial charge in [-0.05, 0) is 38.3 Å². The number of nitrogens with one attached hydrogen (secondary N) is 1. The van der Waals surface area contributed by atoms with Gasteiger partial charge in [0, 0.05) is 18.7 Å². The average molecular weight is 318 g/mol. The summed E-state index contributed by atoms with van der Waals surface area (Å²) in [6.07, 6.45) is 4.12. The Morgan fingerprint density at radius 3 is 2.74 bits per heavy atom. The monoisotopic (exact) mass is 318 g/mol. The fourth-order valence-corrected chi connectivity index (χ4v) is 3.39. The summed E-state index contributed by atoms with van der Waals surface area (Å²) in [6.45, 7) is 3.13. The van der Waals surface area contributed by atoms with Crippen molar-refractivity contribution in [2.45, 2.75) is 44.4 Å². The number of ether oxygens (including phenoxy) is 2. The number of nitrogens with zero attached hydrogens (tertiary/aromatic N) is 1. The molecule has 0 bridgehead atoms. The minimum atomic E-state index is 0.0426. The van der Waals surface area contributed by atoms with Crippen molar-refractivity contribution in [2.24, 2.45) is 0 Å². The second kappa shape index (κ2) is 7.79. The van der Waals surface area contributed by atoms with E-state index < -0.39 is 0 Å². The van der Waals surface area contributed by atoms with E-state index in [0.29, 0.717) is 6.61 Å². The van der Waals surface area contributed by atoms with E-state index in [1.807, 2.05) is 29.2 Å². The van der Waals surface area contributed by atoms with Gasteiger partial charge in [-0.3, -0.25) is 4.79 Å². The van der Waals surface area contributed by atoms with Crippen LogP contribution in [0.15, 0.2) is 24.3 Å². The number of piperidine rings is 1. The Labute approximate surface area is 137 Å². The molecule has 3 rings (SSSR count). The molecule has 2 heterocycles. The third kappa shape index (κ3) is 4.03. The minimum Gasteiger partial charge on any atom is -0.496 e. The van der Waals surface area contributed by atoms with Crippen LogP contribution in [0.4, 0.5) is 0 Å². The molecule has 0 aromatic heterocycles. The van der Waals surface area contributed by atoms with Crippen LogP contribution in [0.5, 0.6) is 5.75 Å². The lowest BCUT2D eigenvalue weighted by atomic mass is 10.1. The Morgan fingerprint density at radius 2 is 2.04 bits per heavy atom. The quantitative estimate of drug-likeness (QED) is 0.902. The van der Waals surface area contributed by atoms with Gasteiger partial charge in [-0.1, -0.05) is 18.2 Å². The van der Waals surface area contributed by atoms with Gasteiger partial charge in [-0.2, -0.15) is 0 Å². The summed E-state index contributed by atoms with van der Waals surface area (Å²) < 4.78 is 11.4. The van der Waals surface area contributed by atoms with Gasteiger partial charge in [0.25, 0.3) is 0 Å². The summed E-state index contributed by atoms with van der Waals surface area (Å²) >= 11 is 0. The van der Waals surface area contributed by atoms with Gasteiger partial charge in [-0.25, -0.2) is 0 Å². The Balaban J connectivity index is 1.45. The summed E-state index contributed by atoms with van der Waals surface area (Å²) in [7, 11) is 1.68. The highest BCUT2D eigenvalue weighted by Gasteiger charge is 2.30. The molecule has 1 atom stereocenters. The molecule has 0 radical (unpaired) electrons. The molecule has 2 saturated heterocycles. The smallest absolute Gasteiger partial charge is 0.239 e. The number of hydrogen-bond donors (Lipinski definition) is 1. The number of likely N-dealkylation sites (tertiary alicyclic amines) is 1. The second-order valence-corrected chi connectivity index (χ2v) is 6.30. The first-order valence-electron chi connectivity index (χ1n) is 8.53. The maximum Gasteiger partial charge on any atom is 0.239 e. The van der Waals surface area contributed by atoms with Crippen LogP contribution in [-0.4, -0.2) is 49.7 Å². The standard InChI is InChI=1S/C18H26N2O3/c1-22-17-7-3-2-5-14(17)13-23-15-8-11-20(12-9-15)18(21)16-6-4-10-19-16/h2-3,5,7,15-16,19H,4,6,8-13H2,1H3. The fraction of sp³-hybridized carbons (Fsp3) is 0.611. The van der Waals surface area contributed by atoms with Crippen LogP contribution in [0, 0.1) is 0 Å². The van der Waals surface area contributed by atoms with Gasteiger partial charge in [0.05, 0.1) is 25.9 Å². The van der Waals surface area contributed by atoms with Gasteiger partial charge in [0.1, 0.15) is 5.75 Å². The van der Waals surface area contributed by atoms with E-state index in [-0.39, 0.29) is 18.1 Å². The van der Waals surface area contributed by atoms with E-state index in [4.69, 9.17) is 9.47 Å². The van der Waals surface area contributed by atoms with Crippen LogP contribution in [0.3, 0.4) is 0 Å². The van der Waals surface area contributed by atoms with Crippen LogP contribution >= 0.6 is 0 Å². The Bertz CT molecular complexity index is 521. The highest BCUT2D eigenvalue weighted by Crippen LogP contribution is 2.22. The average Bonchev–Trinajstić information content (AvgIpc) is 3.14. The molecule has 0 saturated carbocycles. The molecule has 2 aliphatic rings. The van der Waals surface area contributed by atoms with Crippen molar-refractivity contribution in [3.05, 3.63) is 29.8 Å². The molecular formula is C18H26N2O3. The molecule has 5 nitrogen and oxygen atoms in total. The van der Waals surface area contributed by atoms with E-state index in [1.54, 1.807) is 7.11 Å². The number of rotatable bonds is 5. The molecule has 1 unspecified atom stereocenters. The normalized spacial score (nSPS) is 22.3. The Morgan fingerprint density at radius 1 is 1.26 bits per heavy atom. The number of carbonyl (C=O) groups is 1. The van der Waals surface area contributed by atoms with E-state index in [0.717, 1.165) is 56.6 Å². The number of para-hydroxylation sites is 1. The first-order chi connectivity index (χ1) is 11.3. The zero-order valence-corrected chi connectivity index (χ0v) is 13.8. The molecule has 1 aromatic rings. The molecule has 126 valence electrons. The van der Waals surface area contributed by atoms with E-state index in [2.05, 4.69) is 5.32 Å². The summed E-state index contributed by atoms with van der Waals surface area (Å²) in [5, 5.41) is 3.29. The highest BCUT2D eigenvalue weighted by molar-refractivity contribution is 5.82. The van der Waals surface area contributed by atoms with Crippen molar-refractivity contribution < 1.29 is 14.3 Å². The molecule has 2 fully saturated rings. The van der Waals surface area contributed by atoms with Crippen LogP contribution in [0.25, 0.3) is 0 Å². The number of methoxy groups -OCH3 is 1. The third-order valence-corrected chi connectivity index (χ3v) is 4.78. The first-order valence-corrected chi connectivity index (χ1v) is 8.53. The molecule has 1 aromatic carbocycles. The summed E-state index contributed by atoms with van der Waals surface area (Å²) in [5.74, 6) is 1.14. The van der Waals surface area contributed by atoms with E-state index in [1.165, 1.54) is 0 Å². The molecule has 2 aliphatic heterocycles. The van der Waals surface area contributed by atoms with Crippen molar-refractivity contribution in [3.63, 3.8) is 0 Å². The molecule has 0 spiro atoms. The van der Waals surface area contributed by atoms with Gasteiger partial charge >= 0.3 is 0 Å². The largest absolute Gasteiger partial charge is 0.496 e. The highest BCUT2D eigenvalue weighted by atomic mass is 16.5. The van der Waals surface area contributed by atoms with Gasteiger partial charge in [-0.15, -0.1) is 0 Å². The zero-order chi connectivity index (χ0) is 16.1. The van der Waals surface area contributed by atoms with Gasteiger partial charge in [0.15, 0.2) is 0 Å². The Hall–Kier alpha value is -1.59. The van der Waals surface area contributed by atoms with Crippen molar-refractivity contribution in [1.82, 2.24) is 10.2 Å². The van der Waals surface area contributed by atoms with Crippen molar-refractivity contribution >= 4 is 5.91 Å². The lowest BCUT2D eigenvalue weighted by Gasteiger charge is -2.33. The maximum atomic E-state index is 12.4. The lowest BCUT2D eigenvalue weighted by Crippen LogP contribution is -2.48. The van der Waals surface area contributed by atoms with E-state index >= 15 is 0 Å². The van der Waals surface area contributed by atoms with Crippen LogP contribution in [-0.2, 0) is 16.1 Å². The summed E-state index contributed by atoms with van der Waals surface area (Å²) in [5.41, 5.74) is 1.07. The van der Waals surface area contributed by atoms with E-state index in [9.17, 15) is 4.79 Å². The molecule has 5 heteroatoms. The SMILES string of the molecule is COc1ccccc1COC1CCN(C(=O)C2CCCN2)CC1. The molecule has 1 N–H and O–H groups in total. The lowest BCUT2D eigenvalue weighted by molar-refractivity contribution is -0.135. The summed E-state index contributed by atoms with van der Waals surface area (Å²) in [4.78, 5) is 14.4. The molecule has 0 aliphatic carbocycles. The van der Waals surface area contributed by atoms with Crippen LogP contribution < -0.4 is 10.1 Å². The van der Waals surface area contributed by atoms with Crippen molar-refractivity contribution in [2.75, 3.05) is 26.7 Å². The zero-order valence-electron chi connectivity index (χ0n) is 13.8. The molecular weight excluding hydrogens is 292 g/mol. The van der Waals surface area contributed by atoms with Gasteiger partial charge in [0.2, 0.25) is 5.91 Å². The predicted octanol–water partition coefficient (Wildman–Crippen LogP) is 1.95. The van der Waals surface area contributed by atoms with Crippen LogP contribution in [0.1, 0.15) is 31.2 Å². The minimum absolute atomic E-state index is 0.0426. The van der Waals surface area contributed by atoms with Crippen molar-refractivity contribution in [1.29, 1.82) is 0 Å². The van der Waals surface area contributed by atoms with Gasteiger partial charge < -0.3 is 19.7 Å². The number of amides is 1. The molecule has 23 heavy (non-hydrogen) atoms. The van der Waals surface area contributed by atoms with Crippen molar-refractivity contribution in [3.8, 4) is 5.75 Å². The number of carbonyl (C=O) groups excluding carboxylic acids is 1. The summed E-state index contributed by atoms with van der Waals surface area (Å²) in [6, 6.07) is 7.99. The number of hydrogen-bond acceptors (Lipinski definition) is 4.